The molecule has 2 N–H and O–H groups in total. The smallest absolute Gasteiger partial charge is 0.322 e. The zero-order chi connectivity index (χ0) is 15.1. The van der Waals surface area contributed by atoms with Gasteiger partial charge in [0.05, 0.1) is 14.2 Å². The van der Waals surface area contributed by atoms with Gasteiger partial charge in [0.25, 0.3) is 0 Å². The number of methoxy groups -OCH3 is 2. The first-order valence-corrected chi connectivity index (χ1v) is 6.59. The van der Waals surface area contributed by atoms with Crippen molar-refractivity contribution in [2.24, 2.45) is 0 Å². The van der Waals surface area contributed by atoms with E-state index in [9.17, 15) is 0 Å². The average Bonchev–Trinajstić information content (AvgIpc) is 2.54. The number of hydrogen-bond donors (Lipinski definition) is 2. The van der Waals surface area contributed by atoms with E-state index in [4.69, 9.17) is 9.47 Å². The van der Waals surface area contributed by atoms with Crippen molar-refractivity contribution < 1.29 is 9.47 Å². The summed E-state index contributed by atoms with van der Waals surface area (Å²) < 4.78 is 10.2. The maximum Gasteiger partial charge on any atom is 0.322 e. The lowest BCUT2D eigenvalue weighted by Crippen LogP contribution is -2.11. The van der Waals surface area contributed by atoms with Crippen molar-refractivity contribution in [3.05, 3.63) is 29.8 Å². The van der Waals surface area contributed by atoms with Crippen molar-refractivity contribution in [1.29, 1.82) is 0 Å². The molecule has 0 bridgehead atoms. The molecule has 1 aromatic carbocycles. The van der Waals surface area contributed by atoms with Crippen LogP contribution in [0.15, 0.2) is 24.3 Å². The molecule has 0 saturated heterocycles. The first-order chi connectivity index (χ1) is 10.2. The predicted octanol–water partition coefficient (Wildman–Crippen LogP) is 1.59. The molecule has 112 valence electrons. The topological polar surface area (TPSA) is 81.2 Å². The minimum atomic E-state index is 0.276. The maximum absolute atomic E-state index is 5.20. The fourth-order valence-electron chi connectivity index (χ4n) is 1.79. The van der Waals surface area contributed by atoms with Crippen molar-refractivity contribution in [1.82, 2.24) is 15.0 Å². The van der Waals surface area contributed by atoms with E-state index in [1.165, 1.54) is 12.7 Å². The van der Waals surface area contributed by atoms with Gasteiger partial charge in [0.1, 0.15) is 5.75 Å². The molecule has 0 aliphatic carbocycles. The van der Waals surface area contributed by atoms with Crippen LogP contribution in [0.1, 0.15) is 5.56 Å². The van der Waals surface area contributed by atoms with E-state index in [0.717, 1.165) is 12.2 Å². The highest BCUT2D eigenvalue weighted by Gasteiger charge is 2.05. The van der Waals surface area contributed by atoms with Gasteiger partial charge < -0.3 is 20.1 Å². The summed E-state index contributed by atoms with van der Waals surface area (Å²) >= 11 is 0. The van der Waals surface area contributed by atoms with Gasteiger partial charge in [-0.3, -0.25) is 0 Å². The van der Waals surface area contributed by atoms with E-state index in [1.54, 1.807) is 14.2 Å². The summed E-state index contributed by atoms with van der Waals surface area (Å²) in [7, 11) is 4.93. The number of benzene rings is 1. The van der Waals surface area contributed by atoms with E-state index in [0.29, 0.717) is 18.4 Å². The predicted molar refractivity (Wildman–Crippen MR) is 81.1 cm³/mol. The van der Waals surface area contributed by atoms with E-state index >= 15 is 0 Å². The molecule has 0 fully saturated rings. The first kappa shape index (κ1) is 14.8. The van der Waals surface area contributed by atoms with Crippen LogP contribution in [0.3, 0.4) is 0 Å². The Morgan fingerprint density at radius 2 is 1.86 bits per heavy atom. The van der Waals surface area contributed by atoms with E-state index in [1.807, 2.05) is 18.2 Å². The van der Waals surface area contributed by atoms with Crippen LogP contribution >= 0.6 is 0 Å². The van der Waals surface area contributed by atoms with Crippen molar-refractivity contribution in [3.63, 3.8) is 0 Å². The molecular weight excluding hydrogens is 270 g/mol. The number of rotatable bonds is 7. The summed E-state index contributed by atoms with van der Waals surface area (Å²) in [5.41, 5.74) is 1.18. The molecule has 0 aliphatic rings. The molecule has 1 heterocycles. The zero-order valence-corrected chi connectivity index (χ0v) is 12.4. The summed E-state index contributed by atoms with van der Waals surface area (Å²) in [5, 5.41) is 6.02. The summed E-state index contributed by atoms with van der Waals surface area (Å²) in [6, 6.07) is 8.23. The summed E-state index contributed by atoms with van der Waals surface area (Å²) in [4.78, 5) is 12.4. The van der Waals surface area contributed by atoms with Gasteiger partial charge in [0, 0.05) is 13.6 Å². The van der Waals surface area contributed by atoms with Crippen molar-refractivity contribution >= 4 is 11.9 Å². The second kappa shape index (κ2) is 7.28. The highest BCUT2D eigenvalue weighted by molar-refractivity contribution is 5.36. The molecule has 0 radical (unpaired) electrons. The standard InChI is InChI=1S/C14H19N5O2/c1-15-12-17-13(19-14(18-12)21-3)16-8-7-10-5-4-6-11(9-10)20-2/h4-6,9H,7-8H2,1-3H3,(H2,15,16,17,18,19). The lowest BCUT2D eigenvalue weighted by Gasteiger charge is -2.08. The Balaban J connectivity index is 1.96. The van der Waals surface area contributed by atoms with E-state index in [-0.39, 0.29) is 6.01 Å². The normalized spacial score (nSPS) is 10.0. The molecule has 2 rings (SSSR count). The molecule has 1 aromatic heterocycles. The Morgan fingerprint density at radius 1 is 1.05 bits per heavy atom. The van der Waals surface area contributed by atoms with Crippen molar-refractivity contribution in [2.45, 2.75) is 6.42 Å². The second-order valence-electron chi connectivity index (χ2n) is 4.25. The Kier molecular flexibility index (Phi) is 5.14. The van der Waals surface area contributed by atoms with Gasteiger partial charge in [-0.2, -0.15) is 15.0 Å². The van der Waals surface area contributed by atoms with Crippen LogP contribution in [-0.4, -0.2) is 42.8 Å². The molecule has 7 nitrogen and oxygen atoms in total. The van der Waals surface area contributed by atoms with Crippen LogP contribution in [0.2, 0.25) is 0 Å². The third-order valence-corrected chi connectivity index (χ3v) is 2.85. The van der Waals surface area contributed by atoms with Gasteiger partial charge in [-0.25, -0.2) is 0 Å². The molecule has 0 saturated carbocycles. The molecular formula is C14H19N5O2. The van der Waals surface area contributed by atoms with Gasteiger partial charge in [-0.1, -0.05) is 12.1 Å². The van der Waals surface area contributed by atoms with Crippen molar-refractivity contribution in [2.75, 3.05) is 38.4 Å². The summed E-state index contributed by atoms with van der Waals surface area (Å²) in [5.74, 6) is 1.80. The van der Waals surface area contributed by atoms with Crippen LogP contribution in [0.5, 0.6) is 11.8 Å². The maximum atomic E-state index is 5.20. The molecule has 0 atom stereocenters. The Hall–Kier alpha value is -2.57. The first-order valence-electron chi connectivity index (χ1n) is 6.59. The number of aromatic nitrogens is 3. The molecule has 0 spiro atoms. The second-order valence-corrected chi connectivity index (χ2v) is 4.25. The summed E-state index contributed by atoms with van der Waals surface area (Å²) in [6.07, 6.45) is 0.833. The quantitative estimate of drug-likeness (QED) is 0.801. The van der Waals surface area contributed by atoms with Gasteiger partial charge in [0.15, 0.2) is 0 Å². The van der Waals surface area contributed by atoms with Gasteiger partial charge in [-0.05, 0) is 24.1 Å². The van der Waals surface area contributed by atoms with Crippen LogP contribution in [0.4, 0.5) is 11.9 Å². The number of nitrogens with zero attached hydrogens (tertiary/aromatic N) is 3. The fourth-order valence-corrected chi connectivity index (χ4v) is 1.79. The average molecular weight is 289 g/mol. The highest BCUT2D eigenvalue weighted by Crippen LogP contribution is 2.14. The Bertz CT molecular complexity index is 569. The molecule has 21 heavy (non-hydrogen) atoms. The van der Waals surface area contributed by atoms with Gasteiger partial charge >= 0.3 is 6.01 Å². The molecule has 7 heteroatoms. The Labute approximate surface area is 123 Å². The number of anilines is 2. The van der Waals surface area contributed by atoms with Crippen LogP contribution < -0.4 is 20.1 Å². The lowest BCUT2D eigenvalue weighted by molar-refractivity contribution is 0.379. The van der Waals surface area contributed by atoms with Gasteiger partial charge in [-0.15, -0.1) is 0 Å². The lowest BCUT2D eigenvalue weighted by atomic mass is 10.1. The Morgan fingerprint density at radius 3 is 2.57 bits per heavy atom. The van der Waals surface area contributed by atoms with Crippen LogP contribution in [0.25, 0.3) is 0 Å². The number of nitrogens with one attached hydrogen (secondary N) is 2. The highest BCUT2D eigenvalue weighted by atomic mass is 16.5. The summed E-state index contributed by atoms with van der Waals surface area (Å²) in [6.45, 7) is 0.698. The van der Waals surface area contributed by atoms with Gasteiger partial charge in [0.2, 0.25) is 11.9 Å². The largest absolute Gasteiger partial charge is 0.497 e. The van der Waals surface area contributed by atoms with E-state index in [2.05, 4.69) is 31.7 Å². The zero-order valence-electron chi connectivity index (χ0n) is 12.4. The monoisotopic (exact) mass is 289 g/mol. The van der Waals surface area contributed by atoms with Crippen molar-refractivity contribution in [3.8, 4) is 11.8 Å². The van der Waals surface area contributed by atoms with Crippen LogP contribution in [-0.2, 0) is 6.42 Å². The molecule has 2 aromatic rings. The molecule has 0 unspecified atom stereocenters. The SMILES string of the molecule is CNc1nc(NCCc2cccc(OC)c2)nc(OC)n1. The molecule has 0 aliphatic heterocycles. The molecule has 0 amide bonds. The number of hydrogen-bond acceptors (Lipinski definition) is 7. The minimum absolute atomic E-state index is 0.276. The third-order valence-electron chi connectivity index (χ3n) is 2.85. The van der Waals surface area contributed by atoms with Crippen LogP contribution in [0, 0.1) is 0 Å². The fraction of sp³-hybridized carbons (Fsp3) is 0.357. The minimum Gasteiger partial charge on any atom is -0.497 e. The third kappa shape index (κ3) is 4.20. The number of ether oxygens (including phenoxy) is 2. The van der Waals surface area contributed by atoms with E-state index < -0.39 is 0 Å².